The number of amides is 2. The van der Waals surface area contributed by atoms with Crippen LogP contribution in [0.3, 0.4) is 0 Å². The van der Waals surface area contributed by atoms with Gasteiger partial charge in [-0.1, -0.05) is 29.3 Å². The molecule has 27 heavy (non-hydrogen) atoms. The van der Waals surface area contributed by atoms with Crippen LogP contribution in [0, 0.1) is 0 Å². The average molecular weight is 409 g/mol. The Labute approximate surface area is 163 Å². The summed E-state index contributed by atoms with van der Waals surface area (Å²) < 4.78 is 4.92. The van der Waals surface area contributed by atoms with Crippen LogP contribution in [0.15, 0.2) is 47.6 Å². The van der Waals surface area contributed by atoms with Crippen LogP contribution in [-0.4, -0.2) is 30.6 Å². The second-order valence-electron chi connectivity index (χ2n) is 4.98. The molecule has 0 aliphatic rings. The largest absolute Gasteiger partial charge is 0.546 e. The molecule has 2 amide bonds. The van der Waals surface area contributed by atoms with E-state index in [1.807, 2.05) is 0 Å². The van der Waals surface area contributed by atoms with Crippen molar-refractivity contribution in [3.8, 4) is 5.75 Å². The number of rotatable bonds is 6. The fourth-order valence-electron chi connectivity index (χ4n) is 1.79. The van der Waals surface area contributed by atoms with Gasteiger partial charge in [0.1, 0.15) is 12.4 Å². The molecule has 140 valence electrons. The van der Waals surface area contributed by atoms with Crippen molar-refractivity contribution in [1.82, 2.24) is 5.43 Å². The van der Waals surface area contributed by atoms with Gasteiger partial charge in [0.2, 0.25) is 0 Å². The number of carbonyl (C=O) groups excluding carboxylic acids is 3. The summed E-state index contributed by atoms with van der Waals surface area (Å²) in [5.41, 5.74) is 2.84. The van der Waals surface area contributed by atoms with E-state index >= 15 is 0 Å². The molecule has 0 aliphatic carbocycles. The van der Waals surface area contributed by atoms with Gasteiger partial charge in [0, 0.05) is 0 Å². The number of hydrazone groups is 1. The molecule has 2 N–H and O–H groups in total. The van der Waals surface area contributed by atoms with Crippen LogP contribution in [0.1, 0.15) is 5.56 Å². The second-order valence-corrected chi connectivity index (χ2v) is 5.77. The number of hydrogen-bond acceptors (Lipinski definition) is 6. The Bertz CT molecular complexity index is 885. The third-order valence-electron chi connectivity index (χ3n) is 3.02. The zero-order valence-electron chi connectivity index (χ0n) is 13.6. The molecule has 0 spiro atoms. The first-order valence-corrected chi connectivity index (χ1v) is 8.13. The van der Waals surface area contributed by atoms with Crippen LogP contribution in [0.2, 0.25) is 10.0 Å². The minimum absolute atomic E-state index is 0.116. The molecule has 0 atom stereocenters. The number of aliphatic carboxylic acids is 1. The highest BCUT2D eigenvalue weighted by atomic mass is 35.5. The van der Waals surface area contributed by atoms with Gasteiger partial charge in [-0.2, -0.15) is 5.10 Å². The number of benzene rings is 2. The van der Waals surface area contributed by atoms with Gasteiger partial charge in [-0.05, 0) is 42.0 Å². The van der Waals surface area contributed by atoms with Gasteiger partial charge in [-0.25, -0.2) is 5.43 Å². The molecule has 0 unspecified atom stereocenters. The van der Waals surface area contributed by atoms with Crippen molar-refractivity contribution in [2.75, 3.05) is 11.9 Å². The van der Waals surface area contributed by atoms with E-state index in [1.165, 1.54) is 24.4 Å². The lowest BCUT2D eigenvalue weighted by atomic mass is 10.2. The molecule has 2 aromatic rings. The third kappa shape index (κ3) is 6.28. The lowest BCUT2D eigenvalue weighted by molar-refractivity contribution is -0.307. The molecule has 0 aromatic heterocycles. The third-order valence-corrected chi connectivity index (χ3v) is 3.84. The van der Waals surface area contributed by atoms with Crippen molar-refractivity contribution in [3.63, 3.8) is 0 Å². The smallest absolute Gasteiger partial charge is 0.329 e. The Morgan fingerprint density at radius 3 is 2.44 bits per heavy atom. The Hall–Kier alpha value is -3.10. The van der Waals surface area contributed by atoms with E-state index in [0.717, 1.165) is 0 Å². The van der Waals surface area contributed by atoms with Crippen molar-refractivity contribution >= 4 is 52.9 Å². The molecule has 8 nitrogen and oxygen atoms in total. The number of carbonyl (C=O) groups is 3. The lowest BCUT2D eigenvalue weighted by Crippen LogP contribution is -2.32. The van der Waals surface area contributed by atoms with Gasteiger partial charge in [-0.3, -0.25) is 9.59 Å². The fourth-order valence-corrected chi connectivity index (χ4v) is 2.14. The zero-order valence-corrected chi connectivity index (χ0v) is 15.1. The summed E-state index contributed by atoms with van der Waals surface area (Å²) in [6, 6.07) is 10.8. The van der Waals surface area contributed by atoms with Gasteiger partial charge in [-0.15, -0.1) is 0 Å². The van der Waals surface area contributed by atoms with Crippen molar-refractivity contribution in [2.45, 2.75) is 0 Å². The summed E-state index contributed by atoms with van der Waals surface area (Å²) in [5, 5.41) is 16.6. The molecular weight excluding hydrogens is 397 g/mol. The number of hydrogen-bond donors (Lipinski definition) is 2. The molecule has 2 aromatic carbocycles. The highest BCUT2D eigenvalue weighted by Crippen LogP contribution is 2.29. The van der Waals surface area contributed by atoms with Crippen LogP contribution >= 0.6 is 23.2 Å². The Morgan fingerprint density at radius 1 is 1.07 bits per heavy atom. The number of carboxylic acid groups (broad SMARTS) is 1. The van der Waals surface area contributed by atoms with Gasteiger partial charge in [0.15, 0.2) is 0 Å². The van der Waals surface area contributed by atoms with Gasteiger partial charge >= 0.3 is 11.8 Å². The van der Waals surface area contributed by atoms with E-state index in [1.54, 1.807) is 24.3 Å². The van der Waals surface area contributed by atoms with Gasteiger partial charge in [0.05, 0.1) is 27.9 Å². The maximum Gasteiger partial charge on any atom is 0.329 e. The number of halogens is 2. The minimum atomic E-state index is -1.33. The van der Waals surface area contributed by atoms with E-state index in [4.69, 9.17) is 27.9 Å². The summed E-state index contributed by atoms with van der Waals surface area (Å²) in [5.74, 6) is -2.97. The molecule has 0 saturated carbocycles. The van der Waals surface area contributed by atoms with Crippen LogP contribution in [-0.2, 0) is 14.4 Å². The number of nitrogens with zero attached hydrogens (tertiary/aromatic N) is 1. The van der Waals surface area contributed by atoms with E-state index < -0.39 is 24.4 Å². The SMILES string of the molecule is O=C([O-])COc1ccc(/C=N\NC(=O)C(=O)Nc2cccc(Cl)c2Cl)cc1. The molecule has 0 aliphatic heterocycles. The van der Waals surface area contributed by atoms with E-state index in [-0.39, 0.29) is 15.7 Å². The maximum absolute atomic E-state index is 11.8. The second kappa shape index (κ2) is 9.56. The van der Waals surface area contributed by atoms with Crippen LogP contribution < -0.4 is 20.6 Å². The van der Waals surface area contributed by atoms with E-state index in [0.29, 0.717) is 11.3 Å². The molecule has 10 heteroatoms. The molecule has 0 heterocycles. The van der Waals surface area contributed by atoms with Crippen molar-refractivity contribution in [3.05, 3.63) is 58.1 Å². The Balaban J connectivity index is 1.87. The molecule has 0 fully saturated rings. The molecule has 2 rings (SSSR count). The molecular formula is C17H12Cl2N3O5-. The predicted octanol–water partition coefficient (Wildman–Crippen LogP) is 1.21. The zero-order chi connectivity index (χ0) is 19.8. The summed E-state index contributed by atoms with van der Waals surface area (Å²) in [6.45, 7) is -0.560. The number of anilines is 1. The van der Waals surface area contributed by atoms with E-state index in [2.05, 4.69) is 15.8 Å². The van der Waals surface area contributed by atoms with Crippen molar-refractivity contribution in [1.29, 1.82) is 0 Å². The highest BCUT2D eigenvalue weighted by molar-refractivity contribution is 6.45. The van der Waals surface area contributed by atoms with Crippen molar-refractivity contribution in [2.24, 2.45) is 5.10 Å². The first-order chi connectivity index (χ1) is 12.9. The van der Waals surface area contributed by atoms with Crippen LogP contribution in [0.25, 0.3) is 0 Å². The topological polar surface area (TPSA) is 120 Å². The van der Waals surface area contributed by atoms with Gasteiger partial charge < -0.3 is 20.0 Å². The van der Waals surface area contributed by atoms with Crippen molar-refractivity contribution < 1.29 is 24.2 Å². The minimum Gasteiger partial charge on any atom is -0.546 e. The summed E-state index contributed by atoms with van der Waals surface area (Å²) in [4.78, 5) is 33.9. The summed E-state index contributed by atoms with van der Waals surface area (Å²) in [6.07, 6.45) is 1.29. The highest BCUT2D eigenvalue weighted by Gasteiger charge is 2.15. The van der Waals surface area contributed by atoms with Gasteiger partial charge in [0.25, 0.3) is 0 Å². The quantitative estimate of drug-likeness (QED) is 0.422. The average Bonchev–Trinajstić information content (AvgIpc) is 2.64. The predicted molar refractivity (Wildman–Crippen MR) is 97.8 cm³/mol. The molecule has 0 bridgehead atoms. The molecule has 0 saturated heterocycles. The fraction of sp³-hybridized carbons (Fsp3) is 0.0588. The number of carboxylic acids is 1. The maximum atomic E-state index is 11.8. The summed E-state index contributed by atoms with van der Waals surface area (Å²) in [7, 11) is 0. The number of nitrogens with one attached hydrogen (secondary N) is 2. The monoisotopic (exact) mass is 408 g/mol. The first kappa shape index (κ1) is 20.2. The standard InChI is InChI=1S/C17H13Cl2N3O5/c18-12-2-1-3-13(15(12)19)21-16(25)17(26)22-20-8-10-4-6-11(7-5-10)27-9-14(23)24/h1-8H,9H2,(H,21,25)(H,22,26)(H,23,24)/p-1/b20-8-. The van der Waals surface area contributed by atoms with Crippen LogP contribution in [0.4, 0.5) is 5.69 Å². The first-order valence-electron chi connectivity index (χ1n) is 7.38. The Kier molecular flexibility index (Phi) is 7.16. The normalized spacial score (nSPS) is 10.4. The Morgan fingerprint density at radius 2 is 1.78 bits per heavy atom. The lowest BCUT2D eigenvalue weighted by Gasteiger charge is -2.07. The molecule has 0 radical (unpaired) electrons. The number of ether oxygens (including phenoxy) is 1. The van der Waals surface area contributed by atoms with Crippen LogP contribution in [0.5, 0.6) is 5.75 Å². The summed E-state index contributed by atoms with van der Waals surface area (Å²) >= 11 is 11.8. The van der Waals surface area contributed by atoms with E-state index in [9.17, 15) is 19.5 Å².